The molecule has 6 nitrogen and oxygen atoms in total. The first-order valence-corrected chi connectivity index (χ1v) is 11.8. The summed E-state index contributed by atoms with van der Waals surface area (Å²) in [6.07, 6.45) is 0. The summed E-state index contributed by atoms with van der Waals surface area (Å²) in [6.45, 7) is 2.26. The number of nitrogens with one attached hydrogen (secondary N) is 1. The summed E-state index contributed by atoms with van der Waals surface area (Å²) in [6, 6.07) is 22.4. The van der Waals surface area contributed by atoms with Gasteiger partial charge in [0.1, 0.15) is 12.4 Å². The summed E-state index contributed by atoms with van der Waals surface area (Å²) in [5, 5.41) is 12.9. The van der Waals surface area contributed by atoms with Crippen molar-refractivity contribution in [3.05, 3.63) is 94.2 Å². The highest BCUT2D eigenvalue weighted by molar-refractivity contribution is 7.99. The Bertz CT molecular complexity index is 1230. The van der Waals surface area contributed by atoms with E-state index < -0.39 is 0 Å². The number of aromatic nitrogens is 3. The molecule has 0 atom stereocenters. The van der Waals surface area contributed by atoms with Gasteiger partial charge in [-0.1, -0.05) is 70.9 Å². The molecule has 0 bridgehead atoms. The van der Waals surface area contributed by atoms with Crippen molar-refractivity contribution in [3.63, 3.8) is 0 Å². The van der Waals surface area contributed by atoms with Crippen molar-refractivity contribution in [2.75, 3.05) is 11.1 Å². The molecular formula is C24H20Cl2N4O2S. The SMILES string of the molecule is Cc1ccc(OCc2nnc(SCC(=O)Nc3cc(Cl)cc(Cl)c3)n2-c2ccccc2)cc1. The molecule has 1 aromatic heterocycles. The molecule has 33 heavy (non-hydrogen) atoms. The molecule has 0 aliphatic rings. The molecular weight excluding hydrogens is 479 g/mol. The summed E-state index contributed by atoms with van der Waals surface area (Å²) < 4.78 is 7.80. The zero-order valence-corrected chi connectivity index (χ0v) is 20.0. The van der Waals surface area contributed by atoms with Gasteiger partial charge in [-0.15, -0.1) is 10.2 Å². The number of rotatable bonds is 8. The van der Waals surface area contributed by atoms with E-state index in [1.54, 1.807) is 18.2 Å². The molecule has 0 unspecified atom stereocenters. The van der Waals surface area contributed by atoms with Gasteiger partial charge in [0.15, 0.2) is 11.0 Å². The lowest BCUT2D eigenvalue weighted by atomic mass is 10.2. The monoisotopic (exact) mass is 498 g/mol. The van der Waals surface area contributed by atoms with Crippen LogP contribution in [0, 0.1) is 6.92 Å². The standard InChI is InChI=1S/C24H20Cl2N4O2S/c1-16-7-9-21(10-8-16)32-14-22-28-29-24(30(22)20-5-3-2-4-6-20)33-15-23(31)27-19-12-17(25)11-18(26)13-19/h2-13H,14-15H2,1H3,(H,27,31). The van der Waals surface area contributed by atoms with Crippen molar-refractivity contribution in [3.8, 4) is 11.4 Å². The zero-order chi connectivity index (χ0) is 23.2. The van der Waals surface area contributed by atoms with Gasteiger partial charge in [0.2, 0.25) is 5.91 Å². The van der Waals surface area contributed by atoms with Crippen LogP contribution in [0.1, 0.15) is 11.4 Å². The van der Waals surface area contributed by atoms with E-state index in [1.807, 2.05) is 66.1 Å². The molecule has 1 heterocycles. The normalized spacial score (nSPS) is 10.8. The van der Waals surface area contributed by atoms with Gasteiger partial charge in [0.05, 0.1) is 5.75 Å². The number of halogens is 2. The van der Waals surface area contributed by atoms with Crippen LogP contribution >= 0.6 is 35.0 Å². The van der Waals surface area contributed by atoms with Crippen LogP contribution < -0.4 is 10.1 Å². The molecule has 0 saturated carbocycles. The number of anilines is 1. The Kier molecular flexibility index (Phi) is 7.54. The van der Waals surface area contributed by atoms with E-state index in [-0.39, 0.29) is 18.3 Å². The topological polar surface area (TPSA) is 69.0 Å². The second-order valence-electron chi connectivity index (χ2n) is 7.17. The van der Waals surface area contributed by atoms with Gasteiger partial charge in [-0.25, -0.2) is 0 Å². The minimum Gasteiger partial charge on any atom is -0.486 e. The van der Waals surface area contributed by atoms with Crippen LogP contribution in [0.15, 0.2) is 78.0 Å². The molecule has 168 valence electrons. The molecule has 0 aliphatic carbocycles. The highest BCUT2D eigenvalue weighted by atomic mass is 35.5. The van der Waals surface area contributed by atoms with Crippen molar-refractivity contribution in [1.82, 2.24) is 14.8 Å². The summed E-state index contributed by atoms with van der Waals surface area (Å²) in [4.78, 5) is 12.5. The molecule has 9 heteroatoms. The van der Waals surface area contributed by atoms with E-state index in [0.29, 0.717) is 26.7 Å². The van der Waals surface area contributed by atoms with E-state index in [1.165, 1.54) is 11.8 Å². The van der Waals surface area contributed by atoms with E-state index in [0.717, 1.165) is 17.0 Å². The summed E-state index contributed by atoms with van der Waals surface area (Å²) in [5.41, 5.74) is 2.58. The summed E-state index contributed by atoms with van der Waals surface area (Å²) in [7, 11) is 0. The first-order chi connectivity index (χ1) is 16.0. The number of amides is 1. The average molecular weight is 499 g/mol. The average Bonchev–Trinajstić information content (AvgIpc) is 3.20. The van der Waals surface area contributed by atoms with Gasteiger partial charge in [-0.3, -0.25) is 9.36 Å². The maximum Gasteiger partial charge on any atom is 0.234 e. The molecule has 4 aromatic rings. The molecule has 0 fully saturated rings. The van der Waals surface area contributed by atoms with E-state index in [9.17, 15) is 4.79 Å². The number of hydrogen-bond acceptors (Lipinski definition) is 5. The Morgan fingerprint density at radius 1 is 1.00 bits per heavy atom. The summed E-state index contributed by atoms with van der Waals surface area (Å²) >= 11 is 13.3. The number of para-hydroxylation sites is 1. The third kappa shape index (κ3) is 6.28. The van der Waals surface area contributed by atoms with E-state index >= 15 is 0 Å². The lowest BCUT2D eigenvalue weighted by Crippen LogP contribution is -2.14. The second kappa shape index (κ2) is 10.7. The van der Waals surface area contributed by atoms with Crippen molar-refractivity contribution in [2.45, 2.75) is 18.7 Å². The lowest BCUT2D eigenvalue weighted by Gasteiger charge is -2.11. The van der Waals surface area contributed by atoms with Crippen molar-refractivity contribution in [2.24, 2.45) is 0 Å². The maximum atomic E-state index is 12.5. The maximum absolute atomic E-state index is 12.5. The van der Waals surface area contributed by atoms with Crippen molar-refractivity contribution in [1.29, 1.82) is 0 Å². The molecule has 0 radical (unpaired) electrons. The highest BCUT2D eigenvalue weighted by Gasteiger charge is 2.17. The molecule has 4 rings (SSSR count). The van der Waals surface area contributed by atoms with Gasteiger partial charge in [-0.2, -0.15) is 0 Å². The molecule has 1 N–H and O–H groups in total. The minimum atomic E-state index is -0.210. The van der Waals surface area contributed by atoms with Gasteiger partial charge in [0, 0.05) is 21.4 Å². The first-order valence-electron chi connectivity index (χ1n) is 10.1. The largest absolute Gasteiger partial charge is 0.486 e. The Labute approximate surface area is 205 Å². The molecule has 0 aliphatic heterocycles. The highest BCUT2D eigenvalue weighted by Crippen LogP contribution is 2.25. The van der Waals surface area contributed by atoms with Crippen molar-refractivity contribution < 1.29 is 9.53 Å². The van der Waals surface area contributed by atoms with Crippen LogP contribution in [0.4, 0.5) is 5.69 Å². The fourth-order valence-electron chi connectivity index (χ4n) is 3.06. The zero-order valence-electron chi connectivity index (χ0n) is 17.7. The number of carbonyl (C=O) groups is 1. The summed E-state index contributed by atoms with van der Waals surface area (Å²) in [5.74, 6) is 1.30. The number of hydrogen-bond donors (Lipinski definition) is 1. The number of carbonyl (C=O) groups excluding carboxylic acids is 1. The third-order valence-electron chi connectivity index (χ3n) is 4.58. The Morgan fingerprint density at radius 2 is 1.70 bits per heavy atom. The first kappa shape index (κ1) is 23.2. The number of ether oxygens (including phenoxy) is 1. The van der Waals surface area contributed by atoms with Crippen LogP contribution in [0.3, 0.4) is 0 Å². The fraction of sp³-hybridized carbons (Fsp3) is 0.125. The Hall–Kier alpha value is -3.00. The predicted molar refractivity (Wildman–Crippen MR) is 133 cm³/mol. The van der Waals surface area contributed by atoms with Crippen LogP contribution in [0.2, 0.25) is 10.0 Å². The van der Waals surface area contributed by atoms with Gasteiger partial charge >= 0.3 is 0 Å². The van der Waals surface area contributed by atoms with Crippen LogP contribution in [-0.2, 0) is 11.4 Å². The van der Waals surface area contributed by atoms with Gasteiger partial charge in [0.25, 0.3) is 0 Å². The number of nitrogens with zero attached hydrogens (tertiary/aromatic N) is 3. The smallest absolute Gasteiger partial charge is 0.234 e. The quantitative estimate of drug-likeness (QED) is 0.293. The number of aryl methyl sites for hydroxylation is 1. The third-order valence-corrected chi connectivity index (χ3v) is 5.95. The van der Waals surface area contributed by atoms with Crippen LogP contribution in [0.25, 0.3) is 5.69 Å². The predicted octanol–water partition coefficient (Wildman–Crippen LogP) is 6.19. The van der Waals surface area contributed by atoms with Crippen molar-refractivity contribution >= 4 is 46.6 Å². The molecule has 0 spiro atoms. The molecule has 0 saturated heterocycles. The fourth-order valence-corrected chi connectivity index (χ4v) is 4.36. The number of thioether (sulfide) groups is 1. The van der Waals surface area contributed by atoms with Crippen LogP contribution in [-0.4, -0.2) is 26.4 Å². The van der Waals surface area contributed by atoms with Crippen LogP contribution in [0.5, 0.6) is 5.75 Å². The lowest BCUT2D eigenvalue weighted by molar-refractivity contribution is -0.113. The minimum absolute atomic E-state index is 0.133. The van der Waals surface area contributed by atoms with E-state index in [4.69, 9.17) is 27.9 Å². The molecule has 3 aromatic carbocycles. The second-order valence-corrected chi connectivity index (χ2v) is 8.98. The molecule has 1 amide bonds. The Morgan fingerprint density at radius 3 is 2.39 bits per heavy atom. The number of benzene rings is 3. The Balaban J connectivity index is 1.49. The van der Waals surface area contributed by atoms with E-state index in [2.05, 4.69) is 15.5 Å². The van der Waals surface area contributed by atoms with Gasteiger partial charge < -0.3 is 10.1 Å². The van der Waals surface area contributed by atoms with Gasteiger partial charge in [-0.05, 0) is 49.4 Å².